The van der Waals surface area contributed by atoms with Gasteiger partial charge in [-0.15, -0.1) is 6.58 Å². The molecule has 0 unspecified atom stereocenters. The molecular weight excluding hydrogens is 627 g/mol. The molecule has 1 aliphatic carbocycles. The maximum Gasteiger partial charge on any atom is 0.335 e. The smallest absolute Gasteiger partial charge is 0.335 e. The Labute approximate surface area is 287 Å². The number of aliphatic hydroxyl groups is 2. The molecule has 0 aliphatic heterocycles. The standard InChI is InChI=1S/C40H45FO8/c1-4-5-6-29-7-9-32(10-8-29)37-16-15-33(23-38(37)41)30-11-13-31(14-12-30)34-21-35(46-17-19-48-39(44)27(2)25-42)24-36(22-34)47-18-20-49-40(45)28(3)26-43/h4,11-16,21-24,29,32,42-43H,1-3,5-10,17-20,25-26H2. The number of hydrogen-bond donors (Lipinski definition) is 2. The van der Waals surface area contributed by atoms with Gasteiger partial charge in [-0.1, -0.05) is 55.6 Å². The Kier molecular flexibility index (Phi) is 14.2. The molecule has 1 saturated carbocycles. The van der Waals surface area contributed by atoms with E-state index < -0.39 is 25.2 Å². The van der Waals surface area contributed by atoms with Crippen LogP contribution in [0.2, 0.25) is 0 Å². The van der Waals surface area contributed by atoms with Gasteiger partial charge in [0.25, 0.3) is 0 Å². The minimum Gasteiger partial charge on any atom is -0.490 e. The molecule has 0 spiro atoms. The van der Waals surface area contributed by atoms with Gasteiger partial charge >= 0.3 is 11.9 Å². The molecule has 0 bridgehead atoms. The van der Waals surface area contributed by atoms with Crippen LogP contribution in [0.5, 0.6) is 11.5 Å². The van der Waals surface area contributed by atoms with E-state index in [9.17, 15) is 9.59 Å². The lowest BCUT2D eigenvalue weighted by Gasteiger charge is -2.29. The number of hydrogen-bond acceptors (Lipinski definition) is 8. The number of halogens is 1. The van der Waals surface area contributed by atoms with Crippen molar-refractivity contribution >= 4 is 11.9 Å². The highest BCUT2D eigenvalue weighted by Crippen LogP contribution is 2.39. The summed E-state index contributed by atoms with van der Waals surface area (Å²) < 4.78 is 37.2. The van der Waals surface area contributed by atoms with Gasteiger partial charge < -0.3 is 29.2 Å². The molecule has 8 nitrogen and oxygen atoms in total. The second-order valence-electron chi connectivity index (χ2n) is 12.1. The molecular formula is C40H45FO8. The highest BCUT2D eigenvalue weighted by atomic mass is 19.1. The highest BCUT2D eigenvalue weighted by Gasteiger charge is 2.24. The fourth-order valence-corrected chi connectivity index (χ4v) is 5.83. The zero-order valence-electron chi connectivity index (χ0n) is 27.8. The highest BCUT2D eigenvalue weighted by molar-refractivity contribution is 5.88. The van der Waals surface area contributed by atoms with E-state index in [4.69, 9.17) is 29.2 Å². The lowest BCUT2D eigenvalue weighted by atomic mass is 9.77. The number of ether oxygens (including phenoxy) is 4. The van der Waals surface area contributed by atoms with E-state index in [1.165, 1.54) is 6.42 Å². The van der Waals surface area contributed by atoms with E-state index in [2.05, 4.69) is 19.7 Å². The molecule has 0 radical (unpaired) electrons. The number of allylic oxidation sites excluding steroid dienone is 1. The Morgan fingerprint density at radius 2 is 1.22 bits per heavy atom. The third-order valence-corrected chi connectivity index (χ3v) is 8.63. The summed E-state index contributed by atoms with van der Waals surface area (Å²) in [5.41, 5.74) is 3.98. The van der Waals surface area contributed by atoms with Crippen molar-refractivity contribution < 1.29 is 43.1 Å². The number of carbonyl (C=O) groups excluding carboxylic acids is 2. The number of benzene rings is 3. The summed E-state index contributed by atoms with van der Waals surface area (Å²) in [6, 6.07) is 18.5. The van der Waals surface area contributed by atoms with Gasteiger partial charge in [0.2, 0.25) is 0 Å². The lowest BCUT2D eigenvalue weighted by Crippen LogP contribution is -2.15. The van der Waals surface area contributed by atoms with E-state index in [1.54, 1.807) is 12.1 Å². The zero-order chi connectivity index (χ0) is 35.2. The fraction of sp³-hybridized carbons (Fsp3) is 0.350. The first-order valence-corrected chi connectivity index (χ1v) is 16.6. The second kappa shape index (κ2) is 18.7. The van der Waals surface area contributed by atoms with Gasteiger partial charge in [0.15, 0.2) is 0 Å². The number of esters is 2. The summed E-state index contributed by atoms with van der Waals surface area (Å²) in [7, 11) is 0. The molecule has 260 valence electrons. The first-order valence-electron chi connectivity index (χ1n) is 16.6. The van der Waals surface area contributed by atoms with E-state index in [-0.39, 0.29) is 49.3 Å². The lowest BCUT2D eigenvalue weighted by molar-refractivity contribution is -0.141. The summed E-state index contributed by atoms with van der Waals surface area (Å²) in [6.07, 6.45) is 8.45. The Hall–Kier alpha value is -4.73. The van der Waals surface area contributed by atoms with Gasteiger partial charge in [-0.2, -0.15) is 0 Å². The topological polar surface area (TPSA) is 112 Å². The van der Waals surface area contributed by atoms with Gasteiger partial charge in [-0.3, -0.25) is 0 Å². The zero-order valence-corrected chi connectivity index (χ0v) is 27.8. The van der Waals surface area contributed by atoms with Gasteiger partial charge in [0.05, 0.1) is 24.4 Å². The van der Waals surface area contributed by atoms with E-state index in [0.29, 0.717) is 17.4 Å². The van der Waals surface area contributed by atoms with E-state index in [0.717, 1.165) is 59.9 Å². The van der Waals surface area contributed by atoms with Crippen LogP contribution in [0.1, 0.15) is 50.0 Å². The van der Waals surface area contributed by atoms with Crippen molar-refractivity contribution in [3.05, 3.63) is 109 Å². The third kappa shape index (κ3) is 10.9. The van der Waals surface area contributed by atoms with Crippen molar-refractivity contribution in [3.8, 4) is 33.8 Å². The van der Waals surface area contributed by atoms with Crippen LogP contribution < -0.4 is 9.47 Å². The summed E-state index contributed by atoms with van der Waals surface area (Å²) in [5, 5.41) is 18.1. The predicted molar refractivity (Wildman–Crippen MR) is 187 cm³/mol. The molecule has 0 atom stereocenters. The van der Waals surface area contributed by atoms with E-state index in [1.807, 2.05) is 54.6 Å². The largest absolute Gasteiger partial charge is 0.490 e. The summed E-state index contributed by atoms with van der Waals surface area (Å²) >= 11 is 0. The van der Waals surface area contributed by atoms with Gasteiger partial charge in [-0.05, 0) is 96.4 Å². The molecule has 3 aromatic carbocycles. The van der Waals surface area contributed by atoms with Crippen molar-refractivity contribution in [2.24, 2.45) is 5.92 Å². The van der Waals surface area contributed by atoms with Crippen LogP contribution in [0.25, 0.3) is 22.3 Å². The predicted octanol–water partition coefficient (Wildman–Crippen LogP) is 7.34. The Balaban J connectivity index is 1.45. The van der Waals surface area contributed by atoms with Crippen LogP contribution in [0.4, 0.5) is 4.39 Å². The Morgan fingerprint density at radius 3 is 1.71 bits per heavy atom. The fourth-order valence-electron chi connectivity index (χ4n) is 5.83. The Morgan fingerprint density at radius 1 is 0.714 bits per heavy atom. The summed E-state index contributed by atoms with van der Waals surface area (Å²) in [5.74, 6) is 0.244. The first kappa shape index (κ1) is 37.1. The number of aliphatic hydroxyl groups excluding tert-OH is 2. The quantitative estimate of drug-likeness (QED) is 0.0625. The first-order chi connectivity index (χ1) is 23.7. The maximum absolute atomic E-state index is 15.4. The summed E-state index contributed by atoms with van der Waals surface area (Å²) in [6.45, 7) is 9.64. The van der Waals surface area contributed by atoms with Gasteiger partial charge in [0, 0.05) is 6.07 Å². The number of carbonyl (C=O) groups is 2. The minimum absolute atomic E-state index is 0.0332. The van der Waals surface area contributed by atoms with Gasteiger partial charge in [-0.25, -0.2) is 14.0 Å². The molecule has 1 fully saturated rings. The van der Waals surface area contributed by atoms with Gasteiger partial charge in [0.1, 0.15) is 43.7 Å². The van der Waals surface area contributed by atoms with Crippen molar-refractivity contribution in [3.63, 3.8) is 0 Å². The molecule has 0 amide bonds. The van der Waals surface area contributed by atoms with Crippen molar-refractivity contribution in [1.82, 2.24) is 0 Å². The van der Waals surface area contributed by atoms with Crippen molar-refractivity contribution in [1.29, 1.82) is 0 Å². The van der Waals surface area contributed by atoms with E-state index >= 15 is 4.39 Å². The SMILES string of the molecule is C=CCCC1CCC(c2ccc(-c3ccc(-c4cc(OCCOC(=O)C(=C)CO)cc(OCCOC(=O)C(=C)CO)c4)cc3)cc2F)CC1. The molecule has 49 heavy (non-hydrogen) atoms. The van der Waals surface area contributed by atoms with Crippen molar-refractivity contribution in [2.75, 3.05) is 39.6 Å². The molecule has 2 N–H and O–H groups in total. The minimum atomic E-state index is -0.709. The average Bonchev–Trinajstić information content (AvgIpc) is 3.13. The maximum atomic E-state index is 15.4. The van der Waals surface area contributed by atoms with Crippen LogP contribution in [0, 0.1) is 11.7 Å². The molecule has 0 heterocycles. The molecule has 0 saturated heterocycles. The molecule has 1 aliphatic rings. The molecule has 0 aromatic heterocycles. The molecule has 4 rings (SSSR count). The van der Waals surface area contributed by atoms with Crippen LogP contribution in [-0.4, -0.2) is 61.8 Å². The number of rotatable bonds is 18. The molecule has 3 aromatic rings. The van der Waals surface area contributed by atoms with Crippen molar-refractivity contribution in [2.45, 2.75) is 44.4 Å². The third-order valence-electron chi connectivity index (χ3n) is 8.63. The van der Waals surface area contributed by atoms with Crippen LogP contribution in [0.15, 0.2) is 97.6 Å². The van der Waals surface area contributed by atoms with Crippen LogP contribution >= 0.6 is 0 Å². The van der Waals surface area contributed by atoms with Crippen LogP contribution in [0.3, 0.4) is 0 Å². The normalized spacial score (nSPS) is 15.6. The second-order valence-corrected chi connectivity index (χ2v) is 12.1. The van der Waals surface area contributed by atoms with Crippen LogP contribution in [-0.2, 0) is 19.1 Å². The molecule has 9 heteroatoms. The Bertz CT molecular complexity index is 1550. The monoisotopic (exact) mass is 672 g/mol. The average molecular weight is 673 g/mol. The summed E-state index contributed by atoms with van der Waals surface area (Å²) in [4.78, 5) is 23.6.